The van der Waals surface area contributed by atoms with Crippen LogP contribution in [0.3, 0.4) is 0 Å². The third kappa shape index (κ3) is 5.46. The number of rotatable bonds is 5. The van der Waals surface area contributed by atoms with Crippen LogP contribution in [0.15, 0.2) is 59.6 Å². The van der Waals surface area contributed by atoms with Crippen molar-refractivity contribution in [2.45, 2.75) is 42.5 Å². The van der Waals surface area contributed by atoms with E-state index in [0.717, 1.165) is 25.5 Å². The SMILES string of the molecule is CS(=O)(=O)c1ccc(-c2ccc(NC(=O)NC3(c4ccnc(C#N)n4)CCCCC3)cc2)cc1F. The molecule has 1 saturated carbocycles. The Labute approximate surface area is 203 Å². The zero-order chi connectivity index (χ0) is 25.1. The van der Waals surface area contributed by atoms with Gasteiger partial charge in [-0.15, -0.1) is 0 Å². The smallest absolute Gasteiger partial charge is 0.319 e. The lowest BCUT2D eigenvalue weighted by Gasteiger charge is -2.37. The van der Waals surface area contributed by atoms with E-state index in [1.165, 1.54) is 18.3 Å². The number of urea groups is 1. The first-order chi connectivity index (χ1) is 16.7. The van der Waals surface area contributed by atoms with Gasteiger partial charge in [-0.2, -0.15) is 5.26 Å². The Morgan fingerprint density at radius 2 is 1.74 bits per heavy atom. The lowest BCUT2D eigenvalue weighted by molar-refractivity contribution is 0.209. The van der Waals surface area contributed by atoms with E-state index in [1.54, 1.807) is 36.4 Å². The van der Waals surface area contributed by atoms with Crippen LogP contribution in [0.5, 0.6) is 0 Å². The molecular formula is C25H24FN5O3S. The normalized spacial score (nSPS) is 15.1. The largest absolute Gasteiger partial charge is 0.327 e. The topological polar surface area (TPSA) is 125 Å². The molecular weight excluding hydrogens is 469 g/mol. The maximum atomic E-state index is 14.3. The monoisotopic (exact) mass is 493 g/mol. The Morgan fingerprint density at radius 1 is 1.06 bits per heavy atom. The molecule has 0 bridgehead atoms. The minimum Gasteiger partial charge on any atom is -0.327 e. The number of halogens is 1. The number of nitrogens with one attached hydrogen (secondary N) is 2. The molecule has 0 atom stereocenters. The van der Waals surface area contributed by atoms with Gasteiger partial charge in [-0.3, -0.25) is 0 Å². The highest BCUT2D eigenvalue weighted by molar-refractivity contribution is 7.90. The highest BCUT2D eigenvalue weighted by Crippen LogP contribution is 2.36. The highest BCUT2D eigenvalue weighted by atomic mass is 32.2. The van der Waals surface area contributed by atoms with Gasteiger partial charge in [0.2, 0.25) is 5.82 Å². The Hall–Kier alpha value is -3.84. The summed E-state index contributed by atoms with van der Waals surface area (Å²) in [4.78, 5) is 20.8. The number of hydrogen-bond acceptors (Lipinski definition) is 6. The molecule has 4 rings (SSSR count). The molecule has 8 nitrogen and oxygen atoms in total. The number of anilines is 1. The summed E-state index contributed by atoms with van der Waals surface area (Å²) in [7, 11) is -3.65. The summed E-state index contributed by atoms with van der Waals surface area (Å²) in [5.41, 5.74) is 1.66. The van der Waals surface area contributed by atoms with E-state index in [1.807, 2.05) is 6.07 Å². The van der Waals surface area contributed by atoms with E-state index in [4.69, 9.17) is 5.26 Å². The molecule has 2 N–H and O–H groups in total. The first-order valence-corrected chi connectivity index (χ1v) is 13.0. The van der Waals surface area contributed by atoms with Crippen LogP contribution in [0, 0.1) is 17.1 Å². The molecule has 0 radical (unpaired) electrons. The number of hydrogen-bond donors (Lipinski definition) is 2. The van der Waals surface area contributed by atoms with Crippen LogP contribution in [0.25, 0.3) is 11.1 Å². The van der Waals surface area contributed by atoms with Crippen LogP contribution in [0.4, 0.5) is 14.9 Å². The van der Waals surface area contributed by atoms with Gasteiger partial charge in [-0.1, -0.05) is 37.5 Å². The second-order valence-corrected chi connectivity index (χ2v) is 10.6. The Morgan fingerprint density at radius 3 is 2.37 bits per heavy atom. The predicted molar refractivity (Wildman–Crippen MR) is 129 cm³/mol. The van der Waals surface area contributed by atoms with Gasteiger partial charge in [0.1, 0.15) is 16.8 Å². The van der Waals surface area contributed by atoms with E-state index in [9.17, 15) is 17.6 Å². The maximum Gasteiger partial charge on any atom is 0.319 e. The third-order valence-electron chi connectivity index (χ3n) is 6.11. The van der Waals surface area contributed by atoms with Crippen LogP contribution in [-0.4, -0.2) is 30.7 Å². The van der Waals surface area contributed by atoms with Crippen molar-refractivity contribution in [3.63, 3.8) is 0 Å². The summed E-state index contributed by atoms with van der Waals surface area (Å²) in [6, 6.07) is 14.0. The van der Waals surface area contributed by atoms with Gasteiger partial charge in [-0.05, 0) is 54.3 Å². The lowest BCUT2D eigenvalue weighted by atomic mass is 9.79. The van der Waals surface area contributed by atoms with E-state index < -0.39 is 27.2 Å². The number of nitrogens with zero attached hydrogens (tertiary/aromatic N) is 3. The van der Waals surface area contributed by atoms with Gasteiger partial charge in [0.15, 0.2) is 9.84 Å². The Bertz CT molecular complexity index is 1400. The number of benzene rings is 2. The van der Waals surface area contributed by atoms with E-state index in [-0.39, 0.29) is 10.7 Å². The van der Waals surface area contributed by atoms with Gasteiger partial charge in [-0.25, -0.2) is 27.6 Å². The van der Waals surface area contributed by atoms with Crippen LogP contribution in [0.1, 0.15) is 43.6 Å². The highest BCUT2D eigenvalue weighted by Gasteiger charge is 2.37. The van der Waals surface area contributed by atoms with E-state index >= 15 is 0 Å². The standard InChI is InChI=1S/C25H24FN5O3S/c1-35(33,34)21-10-7-18(15-20(21)26)17-5-8-19(9-6-17)29-24(32)31-25(12-3-2-4-13-25)22-11-14-28-23(16-27)30-22/h5-11,14-15H,2-4,12-13H2,1H3,(H2,29,31,32). The molecule has 2 amide bonds. The summed E-state index contributed by atoms with van der Waals surface area (Å²) < 4.78 is 37.5. The second kappa shape index (κ2) is 9.80. The summed E-state index contributed by atoms with van der Waals surface area (Å²) in [5, 5.41) is 15.1. The number of carbonyl (C=O) groups excluding carboxylic acids is 1. The van der Waals surface area contributed by atoms with Gasteiger partial charge < -0.3 is 10.6 Å². The van der Waals surface area contributed by atoms with Gasteiger partial charge in [0.25, 0.3) is 0 Å². The summed E-state index contributed by atoms with van der Waals surface area (Å²) in [6.07, 6.45) is 6.81. The minimum absolute atomic E-state index is 0.0613. The summed E-state index contributed by atoms with van der Waals surface area (Å²) >= 11 is 0. The van der Waals surface area contributed by atoms with Crippen LogP contribution in [-0.2, 0) is 15.4 Å². The van der Waals surface area contributed by atoms with Crippen molar-refractivity contribution < 1.29 is 17.6 Å². The molecule has 0 spiro atoms. The molecule has 1 fully saturated rings. The number of amides is 2. The molecule has 35 heavy (non-hydrogen) atoms. The lowest BCUT2D eigenvalue weighted by Crippen LogP contribution is -2.49. The van der Waals surface area contributed by atoms with Crippen molar-refractivity contribution in [1.29, 1.82) is 5.26 Å². The molecule has 1 aliphatic rings. The van der Waals surface area contributed by atoms with Gasteiger partial charge >= 0.3 is 6.03 Å². The van der Waals surface area contributed by atoms with Gasteiger partial charge in [0, 0.05) is 18.1 Å². The average Bonchev–Trinajstić information content (AvgIpc) is 2.84. The van der Waals surface area contributed by atoms with Crippen molar-refractivity contribution in [3.05, 3.63) is 72.1 Å². The summed E-state index contributed by atoms with van der Waals surface area (Å²) in [5.74, 6) is -0.750. The second-order valence-electron chi connectivity index (χ2n) is 8.59. The number of carbonyl (C=O) groups is 1. The molecule has 3 aromatic rings. The zero-order valence-electron chi connectivity index (χ0n) is 19.1. The number of nitriles is 1. The van der Waals surface area contributed by atoms with Crippen LogP contribution >= 0.6 is 0 Å². The zero-order valence-corrected chi connectivity index (χ0v) is 19.9. The van der Waals surface area contributed by atoms with Crippen molar-refractivity contribution >= 4 is 21.6 Å². The minimum atomic E-state index is -3.65. The van der Waals surface area contributed by atoms with E-state index in [0.29, 0.717) is 35.3 Å². The molecule has 1 heterocycles. The van der Waals surface area contributed by atoms with Crippen molar-refractivity contribution in [1.82, 2.24) is 15.3 Å². The fourth-order valence-electron chi connectivity index (χ4n) is 4.39. The quantitative estimate of drug-likeness (QED) is 0.538. The molecule has 1 aliphatic carbocycles. The first-order valence-electron chi connectivity index (χ1n) is 11.1. The molecule has 2 aromatic carbocycles. The number of sulfone groups is 1. The molecule has 0 saturated heterocycles. The molecule has 0 aliphatic heterocycles. The molecule has 10 heteroatoms. The maximum absolute atomic E-state index is 14.3. The Kier molecular flexibility index (Phi) is 6.80. The van der Waals surface area contributed by atoms with Gasteiger partial charge in [0.05, 0.1) is 11.2 Å². The van der Waals surface area contributed by atoms with Crippen molar-refractivity contribution in [3.8, 4) is 17.2 Å². The predicted octanol–water partition coefficient (Wildman–Crippen LogP) is 4.54. The first kappa shape index (κ1) is 24.3. The molecule has 180 valence electrons. The number of aromatic nitrogens is 2. The van der Waals surface area contributed by atoms with E-state index in [2.05, 4.69) is 20.6 Å². The van der Waals surface area contributed by atoms with Crippen LogP contribution < -0.4 is 10.6 Å². The van der Waals surface area contributed by atoms with Crippen LogP contribution in [0.2, 0.25) is 0 Å². The fourth-order valence-corrected chi connectivity index (χ4v) is 5.11. The summed E-state index contributed by atoms with van der Waals surface area (Å²) in [6.45, 7) is 0. The van der Waals surface area contributed by atoms with Crippen molar-refractivity contribution in [2.24, 2.45) is 0 Å². The Balaban J connectivity index is 1.50. The molecule has 0 unspecified atom stereocenters. The van der Waals surface area contributed by atoms with Crippen molar-refractivity contribution in [2.75, 3.05) is 11.6 Å². The third-order valence-corrected chi connectivity index (χ3v) is 7.24. The molecule has 1 aromatic heterocycles. The average molecular weight is 494 g/mol. The fraction of sp³-hybridized carbons (Fsp3) is 0.280.